The molecule has 0 fully saturated rings. The number of benzene rings is 1. The molecule has 9 heteroatoms. The molecule has 1 aromatic heterocycles. The number of hydrogen-bond donors (Lipinski definition) is 0. The molecule has 1 aliphatic heterocycles. The minimum absolute atomic E-state index is 0.215. The van der Waals surface area contributed by atoms with Gasteiger partial charge in [-0.2, -0.15) is 13.2 Å². The Morgan fingerprint density at radius 3 is 2.40 bits per heavy atom. The fourth-order valence-electron chi connectivity index (χ4n) is 2.46. The Labute approximate surface area is 142 Å². The van der Waals surface area contributed by atoms with Gasteiger partial charge in [-0.25, -0.2) is 13.4 Å². The lowest BCUT2D eigenvalue weighted by molar-refractivity contribution is -0.141. The number of alkyl halides is 3. The van der Waals surface area contributed by atoms with Crippen LogP contribution in [0.5, 0.6) is 0 Å². The zero-order chi connectivity index (χ0) is 18.1. The fraction of sp³-hybridized carbons (Fsp3) is 0.250. The average molecular weight is 370 g/mol. The van der Waals surface area contributed by atoms with Crippen molar-refractivity contribution in [3.8, 4) is 0 Å². The van der Waals surface area contributed by atoms with Gasteiger partial charge >= 0.3 is 6.18 Å². The number of halogens is 3. The van der Waals surface area contributed by atoms with E-state index in [1.165, 1.54) is 0 Å². The molecule has 0 saturated carbocycles. The van der Waals surface area contributed by atoms with Gasteiger partial charge in [-0.1, -0.05) is 36.4 Å². The number of hydrogen-bond acceptors (Lipinski definition) is 5. The maximum atomic E-state index is 12.6. The Balaban J connectivity index is 1.83. The number of ether oxygens (including phenoxy) is 1. The molecule has 3 rings (SSSR count). The average Bonchev–Trinajstić information content (AvgIpc) is 3.05. The number of aliphatic imine (C=N–C) groups is 1. The maximum absolute atomic E-state index is 12.6. The standard InChI is InChI=1S/C16H13F3N2O3S/c17-16(18,19)13-7-6-12(8-20-13)14-15(21-10-24-14)25(22,23)9-11-4-2-1-3-5-11/h1-8,10,14-15H,9H2. The van der Waals surface area contributed by atoms with Crippen LogP contribution < -0.4 is 0 Å². The van der Waals surface area contributed by atoms with Crippen molar-refractivity contribution in [3.63, 3.8) is 0 Å². The van der Waals surface area contributed by atoms with Crippen LogP contribution in [-0.4, -0.2) is 25.2 Å². The molecule has 5 nitrogen and oxygen atoms in total. The Morgan fingerprint density at radius 1 is 1.08 bits per heavy atom. The zero-order valence-corrected chi connectivity index (χ0v) is 13.5. The Bertz CT molecular complexity index is 866. The van der Waals surface area contributed by atoms with Gasteiger partial charge in [0.1, 0.15) is 5.69 Å². The van der Waals surface area contributed by atoms with Crippen molar-refractivity contribution in [2.45, 2.75) is 23.4 Å². The molecule has 2 aromatic rings. The van der Waals surface area contributed by atoms with E-state index in [0.717, 1.165) is 24.7 Å². The first-order valence-corrected chi connectivity index (χ1v) is 8.95. The summed E-state index contributed by atoms with van der Waals surface area (Å²) in [7, 11) is -3.72. The molecule has 2 atom stereocenters. The summed E-state index contributed by atoms with van der Waals surface area (Å²) in [5.74, 6) is -0.246. The first-order valence-electron chi connectivity index (χ1n) is 7.23. The molecule has 1 aliphatic rings. The maximum Gasteiger partial charge on any atom is 0.433 e. The number of sulfone groups is 1. The van der Waals surface area contributed by atoms with Gasteiger partial charge < -0.3 is 4.74 Å². The number of pyridine rings is 1. The van der Waals surface area contributed by atoms with Crippen LogP contribution in [0.1, 0.15) is 22.9 Å². The summed E-state index contributed by atoms with van der Waals surface area (Å²) in [4.78, 5) is 7.19. The fourth-order valence-corrected chi connectivity index (χ4v) is 4.12. The van der Waals surface area contributed by atoms with Crippen molar-refractivity contribution >= 4 is 16.2 Å². The van der Waals surface area contributed by atoms with Crippen LogP contribution in [-0.2, 0) is 26.5 Å². The Hall–Kier alpha value is -2.42. The van der Waals surface area contributed by atoms with Gasteiger partial charge in [0.25, 0.3) is 0 Å². The lowest BCUT2D eigenvalue weighted by Crippen LogP contribution is -2.26. The van der Waals surface area contributed by atoms with Gasteiger partial charge in [0.2, 0.25) is 0 Å². The van der Waals surface area contributed by atoms with Crippen LogP contribution in [0.4, 0.5) is 13.2 Å². The molecule has 0 spiro atoms. The van der Waals surface area contributed by atoms with E-state index in [9.17, 15) is 21.6 Å². The minimum atomic E-state index is -4.57. The highest BCUT2D eigenvalue weighted by Gasteiger charge is 2.39. The van der Waals surface area contributed by atoms with Crippen LogP contribution in [0.25, 0.3) is 0 Å². The molecule has 0 saturated heterocycles. The molecule has 0 bridgehead atoms. The molecule has 25 heavy (non-hydrogen) atoms. The SMILES string of the molecule is O=S(=O)(Cc1ccccc1)C1N=COC1c1ccc(C(F)(F)F)nc1. The third kappa shape index (κ3) is 3.81. The van der Waals surface area contributed by atoms with Crippen molar-refractivity contribution in [1.29, 1.82) is 0 Å². The van der Waals surface area contributed by atoms with Gasteiger partial charge in [-0.15, -0.1) is 0 Å². The van der Waals surface area contributed by atoms with Gasteiger partial charge in [-0.05, 0) is 11.6 Å². The third-order valence-corrected chi connectivity index (χ3v) is 5.50. The molecular formula is C16H13F3N2O3S. The lowest BCUT2D eigenvalue weighted by Gasteiger charge is -2.18. The molecule has 0 N–H and O–H groups in total. The normalized spacial score (nSPS) is 20.4. The van der Waals surface area contributed by atoms with Crippen LogP contribution in [0.15, 0.2) is 53.7 Å². The van der Waals surface area contributed by atoms with E-state index < -0.39 is 33.2 Å². The van der Waals surface area contributed by atoms with E-state index in [4.69, 9.17) is 4.74 Å². The quantitative estimate of drug-likeness (QED) is 0.829. The van der Waals surface area contributed by atoms with Gasteiger partial charge in [0, 0.05) is 11.8 Å². The van der Waals surface area contributed by atoms with Gasteiger partial charge in [0.15, 0.2) is 27.7 Å². The second-order valence-electron chi connectivity index (χ2n) is 5.47. The summed E-state index contributed by atoms with van der Waals surface area (Å²) in [6.45, 7) is 0. The Kier molecular flexibility index (Phi) is 4.51. The van der Waals surface area contributed by atoms with Gasteiger partial charge in [-0.3, -0.25) is 4.98 Å². The molecular weight excluding hydrogens is 357 g/mol. The number of nitrogens with zero attached hydrogens (tertiary/aromatic N) is 2. The Morgan fingerprint density at radius 2 is 1.80 bits per heavy atom. The van der Waals surface area contributed by atoms with E-state index in [2.05, 4.69) is 9.98 Å². The van der Waals surface area contributed by atoms with E-state index in [1.807, 2.05) is 0 Å². The van der Waals surface area contributed by atoms with Crippen molar-refractivity contribution in [2.75, 3.05) is 0 Å². The molecule has 132 valence electrons. The topological polar surface area (TPSA) is 68.6 Å². The zero-order valence-electron chi connectivity index (χ0n) is 12.7. The lowest BCUT2D eigenvalue weighted by atomic mass is 10.1. The first kappa shape index (κ1) is 17.4. The molecule has 0 radical (unpaired) electrons. The van der Waals surface area contributed by atoms with Crippen molar-refractivity contribution in [3.05, 3.63) is 65.5 Å². The van der Waals surface area contributed by atoms with E-state index in [-0.39, 0.29) is 11.3 Å². The summed E-state index contributed by atoms with van der Waals surface area (Å²) in [5.41, 5.74) is -0.250. The van der Waals surface area contributed by atoms with Gasteiger partial charge in [0.05, 0.1) is 5.75 Å². The first-order chi connectivity index (χ1) is 11.8. The summed E-state index contributed by atoms with van der Waals surface area (Å²) >= 11 is 0. The van der Waals surface area contributed by atoms with E-state index >= 15 is 0 Å². The predicted molar refractivity (Wildman–Crippen MR) is 84.4 cm³/mol. The smallest absolute Gasteiger partial charge is 0.433 e. The monoisotopic (exact) mass is 370 g/mol. The summed E-state index contributed by atoms with van der Waals surface area (Å²) in [6.07, 6.45) is -3.61. The van der Waals surface area contributed by atoms with Crippen molar-refractivity contribution < 1.29 is 26.3 Å². The van der Waals surface area contributed by atoms with Crippen molar-refractivity contribution in [1.82, 2.24) is 4.98 Å². The molecule has 0 amide bonds. The van der Waals surface area contributed by atoms with Crippen LogP contribution >= 0.6 is 0 Å². The highest BCUT2D eigenvalue weighted by atomic mass is 32.2. The molecule has 0 aliphatic carbocycles. The molecule has 2 unspecified atom stereocenters. The third-order valence-electron chi connectivity index (χ3n) is 3.66. The molecule has 2 heterocycles. The summed E-state index contributed by atoms with van der Waals surface area (Å²) in [6, 6.07) is 10.5. The van der Waals surface area contributed by atoms with E-state index in [0.29, 0.717) is 5.56 Å². The number of aromatic nitrogens is 1. The minimum Gasteiger partial charge on any atom is -0.472 e. The highest BCUT2D eigenvalue weighted by Crippen LogP contribution is 2.33. The summed E-state index contributed by atoms with van der Waals surface area (Å²) < 4.78 is 68.2. The van der Waals surface area contributed by atoms with E-state index in [1.54, 1.807) is 30.3 Å². The second kappa shape index (κ2) is 6.47. The van der Waals surface area contributed by atoms with Crippen LogP contribution in [0.2, 0.25) is 0 Å². The summed E-state index contributed by atoms with van der Waals surface area (Å²) in [5, 5.41) is -1.23. The van der Waals surface area contributed by atoms with Crippen LogP contribution in [0, 0.1) is 0 Å². The van der Waals surface area contributed by atoms with Crippen molar-refractivity contribution in [2.24, 2.45) is 4.99 Å². The predicted octanol–water partition coefficient (Wildman–Crippen LogP) is 3.14. The largest absolute Gasteiger partial charge is 0.472 e. The highest BCUT2D eigenvalue weighted by molar-refractivity contribution is 7.91. The second-order valence-corrected chi connectivity index (χ2v) is 7.57. The van der Waals surface area contributed by atoms with Crippen LogP contribution in [0.3, 0.4) is 0 Å². The number of rotatable bonds is 4. The molecule has 1 aromatic carbocycles.